The molecule has 0 bridgehead atoms. The van der Waals surface area contributed by atoms with Gasteiger partial charge in [-0.15, -0.1) is 0 Å². The molecule has 1 N–H and O–H groups in total. The number of thioether (sulfide) groups is 1. The summed E-state index contributed by atoms with van der Waals surface area (Å²) in [6.45, 7) is 11.1. The number of rotatable bonds is 4. The van der Waals surface area contributed by atoms with Crippen LogP contribution in [0.15, 0.2) is 35.3 Å². The van der Waals surface area contributed by atoms with Crippen molar-refractivity contribution < 1.29 is 0 Å². The van der Waals surface area contributed by atoms with Gasteiger partial charge in [0.1, 0.15) is 0 Å². The molecule has 3 heteroatoms. The van der Waals surface area contributed by atoms with E-state index in [2.05, 4.69) is 68.3 Å². The van der Waals surface area contributed by atoms with E-state index in [9.17, 15) is 0 Å². The predicted octanol–water partition coefficient (Wildman–Crippen LogP) is 4.29. The molecule has 0 spiro atoms. The zero-order chi connectivity index (χ0) is 14.6. The third-order valence-electron chi connectivity index (χ3n) is 3.48. The predicted molar refractivity (Wildman–Crippen MR) is 90.6 cm³/mol. The van der Waals surface area contributed by atoms with Crippen molar-refractivity contribution in [2.75, 3.05) is 13.1 Å². The maximum Gasteiger partial charge on any atom is 0.156 e. The first-order valence-corrected chi connectivity index (χ1v) is 8.32. The van der Waals surface area contributed by atoms with E-state index in [0.29, 0.717) is 16.6 Å². The minimum Gasteiger partial charge on any atom is -0.364 e. The summed E-state index contributed by atoms with van der Waals surface area (Å²) < 4.78 is 0. The highest BCUT2D eigenvalue weighted by Gasteiger charge is 2.25. The number of hydrogen-bond donors (Lipinski definition) is 1. The van der Waals surface area contributed by atoms with E-state index in [0.717, 1.165) is 18.3 Å². The first-order chi connectivity index (χ1) is 9.44. The Morgan fingerprint density at radius 3 is 2.65 bits per heavy atom. The van der Waals surface area contributed by atoms with Gasteiger partial charge in [0.15, 0.2) is 5.17 Å². The second kappa shape index (κ2) is 6.66. The Balaban J connectivity index is 1.76. The van der Waals surface area contributed by atoms with Crippen molar-refractivity contribution in [2.45, 2.75) is 45.3 Å². The van der Waals surface area contributed by atoms with Crippen molar-refractivity contribution in [3.05, 3.63) is 35.9 Å². The SMILES string of the molecule is CC(CNC1=NCC(CC(C)(C)C)S1)c1ccccc1. The van der Waals surface area contributed by atoms with Gasteiger partial charge in [-0.3, -0.25) is 4.99 Å². The molecule has 0 aliphatic carbocycles. The molecule has 2 unspecified atom stereocenters. The Hall–Kier alpha value is -0.960. The van der Waals surface area contributed by atoms with Gasteiger partial charge in [0.25, 0.3) is 0 Å². The molecule has 20 heavy (non-hydrogen) atoms. The van der Waals surface area contributed by atoms with Gasteiger partial charge in [-0.1, -0.05) is 69.8 Å². The summed E-state index contributed by atoms with van der Waals surface area (Å²) in [6.07, 6.45) is 1.22. The largest absolute Gasteiger partial charge is 0.364 e. The van der Waals surface area contributed by atoms with Gasteiger partial charge in [-0.25, -0.2) is 0 Å². The van der Waals surface area contributed by atoms with Gasteiger partial charge in [0.2, 0.25) is 0 Å². The lowest BCUT2D eigenvalue weighted by Gasteiger charge is -2.21. The lowest BCUT2D eigenvalue weighted by molar-refractivity contribution is 0.375. The van der Waals surface area contributed by atoms with E-state index in [1.807, 2.05) is 11.8 Å². The number of amidine groups is 1. The van der Waals surface area contributed by atoms with Crippen LogP contribution in [-0.4, -0.2) is 23.5 Å². The third-order valence-corrected chi connectivity index (χ3v) is 4.63. The molecule has 1 aliphatic rings. The smallest absolute Gasteiger partial charge is 0.156 e. The summed E-state index contributed by atoms with van der Waals surface area (Å²) in [4.78, 5) is 4.64. The monoisotopic (exact) mass is 290 g/mol. The molecule has 0 saturated heterocycles. The van der Waals surface area contributed by atoms with Crippen LogP contribution in [0.1, 0.15) is 45.6 Å². The summed E-state index contributed by atoms with van der Waals surface area (Å²) in [7, 11) is 0. The normalized spacial score (nSPS) is 20.6. The Kier molecular flexibility index (Phi) is 5.14. The third kappa shape index (κ3) is 4.86. The number of nitrogens with zero attached hydrogens (tertiary/aromatic N) is 1. The molecule has 2 nitrogen and oxygen atoms in total. The Morgan fingerprint density at radius 2 is 2.00 bits per heavy atom. The molecule has 1 aliphatic heterocycles. The Bertz CT molecular complexity index is 448. The molecule has 0 fully saturated rings. The molecule has 0 saturated carbocycles. The highest BCUT2D eigenvalue weighted by molar-refractivity contribution is 8.14. The van der Waals surface area contributed by atoms with Crippen LogP contribution >= 0.6 is 11.8 Å². The minimum absolute atomic E-state index is 0.389. The highest BCUT2D eigenvalue weighted by atomic mass is 32.2. The summed E-state index contributed by atoms with van der Waals surface area (Å²) in [5.41, 5.74) is 1.77. The fraction of sp³-hybridized carbons (Fsp3) is 0.588. The van der Waals surface area contributed by atoms with E-state index >= 15 is 0 Å². The van der Waals surface area contributed by atoms with Crippen LogP contribution in [0.4, 0.5) is 0 Å². The molecule has 2 rings (SSSR count). The minimum atomic E-state index is 0.389. The van der Waals surface area contributed by atoms with Crippen molar-refractivity contribution in [3.63, 3.8) is 0 Å². The number of aliphatic imine (C=N–C) groups is 1. The zero-order valence-corrected chi connectivity index (χ0v) is 13.8. The zero-order valence-electron chi connectivity index (χ0n) is 13.0. The fourth-order valence-electron chi connectivity index (χ4n) is 2.44. The van der Waals surface area contributed by atoms with Crippen LogP contribution in [-0.2, 0) is 0 Å². The molecule has 1 aromatic rings. The first kappa shape index (κ1) is 15.4. The maximum absolute atomic E-state index is 4.64. The molecule has 2 atom stereocenters. The molecule has 110 valence electrons. The van der Waals surface area contributed by atoms with Gasteiger partial charge in [0, 0.05) is 11.8 Å². The van der Waals surface area contributed by atoms with E-state index in [1.165, 1.54) is 12.0 Å². The fourth-order valence-corrected chi connectivity index (χ4v) is 3.81. The van der Waals surface area contributed by atoms with Crippen LogP contribution in [0.3, 0.4) is 0 Å². The van der Waals surface area contributed by atoms with Crippen molar-refractivity contribution in [1.82, 2.24) is 5.32 Å². The highest BCUT2D eigenvalue weighted by Crippen LogP contribution is 2.31. The number of nitrogens with one attached hydrogen (secondary N) is 1. The summed E-state index contributed by atoms with van der Waals surface area (Å²) in [5.74, 6) is 0.515. The van der Waals surface area contributed by atoms with Gasteiger partial charge < -0.3 is 5.32 Å². The van der Waals surface area contributed by atoms with Crippen molar-refractivity contribution in [2.24, 2.45) is 10.4 Å². The average molecular weight is 290 g/mol. The summed E-state index contributed by atoms with van der Waals surface area (Å²) >= 11 is 1.91. The Labute approximate surface area is 127 Å². The molecule has 1 aromatic carbocycles. The second-order valence-electron chi connectivity index (χ2n) is 6.84. The molecule has 0 radical (unpaired) electrons. The van der Waals surface area contributed by atoms with Crippen LogP contribution in [0, 0.1) is 5.41 Å². The molecule has 0 amide bonds. The van der Waals surface area contributed by atoms with E-state index in [-0.39, 0.29) is 0 Å². The van der Waals surface area contributed by atoms with Crippen molar-refractivity contribution in [3.8, 4) is 0 Å². The van der Waals surface area contributed by atoms with Crippen LogP contribution in [0.2, 0.25) is 0 Å². The second-order valence-corrected chi connectivity index (χ2v) is 8.13. The number of benzene rings is 1. The molecular formula is C17H26N2S. The van der Waals surface area contributed by atoms with E-state index in [4.69, 9.17) is 0 Å². The molecule has 1 heterocycles. The Morgan fingerprint density at radius 1 is 1.30 bits per heavy atom. The van der Waals surface area contributed by atoms with Crippen LogP contribution in [0.5, 0.6) is 0 Å². The lowest BCUT2D eigenvalue weighted by Crippen LogP contribution is -2.25. The van der Waals surface area contributed by atoms with Crippen LogP contribution < -0.4 is 5.32 Å². The summed E-state index contributed by atoms with van der Waals surface area (Å²) in [6, 6.07) is 10.7. The van der Waals surface area contributed by atoms with Gasteiger partial charge >= 0.3 is 0 Å². The van der Waals surface area contributed by atoms with E-state index in [1.54, 1.807) is 0 Å². The van der Waals surface area contributed by atoms with Gasteiger partial charge in [0.05, 0.1) is 6.54 Å². The topological polar surface area (TPSA) is 24.4 Å². The maximum atomic E-state index is 4.64. The van der Waals surface area contributed by atoms with Crippen LogP contribution in [0.25, 0.3) is 0 Å². The van der Waals surface area contributed by atoms with E-state index < -0.39 is 0 Å². The average Bonchev–Trinajstić information content (AvgIpc) is 2.82. The first-order valence-electron chi connectivity index (χ1n) is 7.44. The standard InChI is InChI=1S/C17H26N2S/c1-13(14-8-6-5-7-9-14)11-18-16-19-12-15(20-16)10-17(2,3)4/h5-9,13,15H,10-12H2,1-4H3,(H,18,19). The van der Waals surface area contributed by atoms with Crippen molar-refractivity contribution in [1.29, 1.82) is 0 Å². The number of hydrogen-bond acceptors (Lipinski definition) is 3. The quantitative estimate of drug-likeness (QED) is 0.894. The van der Waals surface area contributed by atoms with Crippen molar-refractivity contribution >= 4 is 16.9 Å². The molecular weight excluding hydrogens is 264 g/mol. The lowest BCUT2D eigenvalue weighted by atomic mass is 9.90. The summed E-state index contributed by atoms with van der Waals surface area (Å²) in [5, 5.41) is 5.28. The van der Waals surface area contributed by atoms with Gasteiger partial charge in [-0.05, 0) is 23.3 Å². The molecule has 0 aromatic heterocycles. The van der Waals surface area contributed by atoms with Gasteiger partial charge in [-0.2, -0.15) is 0 Å².